The van der Waals surface area contributed by atoms with E-state index in [0.29, 0.717) is 5.56 Å². The van der Waals surface area contributed by atoms with Gasteiger partial charge in [-0.05, 0) is 38.1 Å². The normalized spacial score (nSPS) is 19.3. The number of sulfone groups is 1. The van der Waals surface area contributed by atoms with Crippen LogP contribution < -0.4 is 5.32 Å². The lowest BCUT2D eigenvalue weighted by Gasteiger charge is -2.24. The van der Waals surface area contributed by atoms with Crippen molar-refractivity contribution in [2.24, 2.45) is 0 Å². The maximum absolute atomic E-state index is 12.5. The van der Waals surface area contributed by atoms with Crippen LogP contribution in [0, 0.1) is 0 Å². The molecule has 5 nitrogen and oxygen atoms in total. The number of nitrogens with one attached hydrogen (secondary N) is 1. The van der Waals surface area contributed by atoms with Crippen LogP contribution in [0.5, 0.6) is 0 Å². The first-order valence-electron chi connectivity index (χ1n) is 6.69. The highest BCUT2D eigenvalue weighted by atomic mass is 32.2. The highest BCUT2D eigenvalue weighted by Gasteiger charge is 2.29. The summed E-state index contributed by atoms with van der Waals surface area (Å²) in [7, 11) is -1.42. The van der Waals surface area contributed by atoms with Crippen molar-refractivity contribution in [2.45, 2.75) is 23.8 Å². The minimum atomic E-state index is -3.29. The highest BCUT2D eigenvalue weighted by Crippen LogP contribution is 2.21. The Hall–Kier alpha value is -1.40. The molecule has 0 bridgehead atoms. The Kier molecular flexibility index (Phi) is 4.45. The van der Waals surface area contributed by atoms with Crippen LogP contribution in [0.15, 0.2) is 29.2 Å². The Labute approximate surface area is 119 Å². The third kappa shape index (κ3) is 3.19. The Morgan fingerprint density at radius 1 is 1.45 bits per heavy atom. The van der Waals surface area contributed by atoms with Gasteiger partial charge in [0.05, 0.1) is 4.90 Å². The van der Waals surface area contributed by atoms with Gasteiger partial charge < -0.3 is 10.2 Å². The minimum Gasteiger partial charge on any atom is -0.334 e. The summed E-state index contributed by atoms with van der Waals surface area (Å²) < 4.78 is 23.1. The molecule has 0 aliphatic carbocycles. The first-order chi connectivity index (χ1) is 9.43. The molecule has 1 aliphatic heterocycles. The molecule has 110 valence electrons. The van der Waals surface area contributed by atoms with Gasteiger partial charge in [0.25, 0.3) is 5.91 Å². The van der Waals surface area contributed by atoms with Crippen LogP contribution in [0.3, 0.4) is 0 Å². The summed E-state index contributed by atoms with van der Waals surface area (Å²) in [5.74, 6) is -0.0896. The Morgan fingerprint density at radius 2 is 2.20 bits per heavy atom. The van der Waals surface area contributed by atoms with E-state index in [9.17, 15) is 13.2 Å². The summed E-state index contributed by atoms with van der Waals surface area (Å²) in [6.07, 6.45) is 3.12. The second-order valence-electron chi connectivity index (χ2n) is 5.15. The highest BCUT2D eigenvalue weighted by molar-refractivity contribution is 7.90. The lowest BCUT2D eigenvalue weighted by Crippen LogP contribution is -2.40. The van der Waals surface area contributed by atoms with E-state index in [-0.39, 0.29) is 16.8 Å². The third-order valence-corrected chi connectivity index (χ3v) is 4.70. The van der Waals surface area contributed by atoms with E-state index in [1.807, 2.05) is 11.9 Å². The van der Waals surface area contributed by atoms with Crippen LogP contribution in [0.2, 0.25) is 0 Å². The van der Waals surface area contributed by atoms with Crippen molar-refractivity contribution in [1.82, 2.24) is 10.2 Å². The number of rotatable bonds is 4. The number of nitrogens with zero attached hydrogens (tertiary/aromatic N) is 1. The largest absolute Gasteiger partial charge is 0.334 e. The lowest BCUT2D eigenvalue weighted by atomic mass is 10.1. The SMILES string of the molecule is CNCC1CCCN1C(=O)c1cccc(S(C)(=O)=O)c1. The summed E-state index contributed by atoms with van der Waals surface area (Å²) >= 11 is 0. The molecule has 1 aromatic rings. The van der Waals surface area contributed by atoms with Gasteiger partial charge in [-0.2, -0.15) is 0 Å². The molecule has 1 aliphatic rings. The summed E-state index contributed by atoms with van der Waals surface area (Å²) in [5, 5.41) is 3.09. The molecular formula is C14H20N2O3S. The van der Waals surface area contributed by atoms with Crippen LogP contribution in [-0.4, -0.2) is 51.7 Å². The van der Waals surface area contributed by atoms with Crippen LogP contribution in [0.1, 0.15) is 23.2 Å². The third-order valence-electron chi connectivity index (χ3n) is 3.59. The van der Waals surface area contributed by atoms with Crippen LogP contribution in [-0.2, 0) is 9.84 Å². The van der Waals surface area contributed by atoms with Gasteiger partial charge in [0, 0.05) is 31.0 Å². The predicted octanol–water partition coefficient (Wildman–Crippen LogP) is 0.914. The molecule has 1 unspecified atom stereocenters. The second kappa shape index (κ2) is 5.93. The molecule has 1 aromatic carbocycles. The number of carbonyl (C=O) groups excluding carboxylic acids is 1. The predicted molar refractivity (Wildman–Crippen MR) is 77.5 cm³/mol. The number of amides is 1. The maximum Gasteiger partial charge on any atom is 0.254 e. The summed E-state index contributed by atoms with van der Waals surface area (Å²) in [6, 6.07) is 6.46. The van der Waals surface area contributed by atoms with E-state index in [1.54, 1.807) is 12.1 Å². The first kappa shape index (κ1) is 15.0. The molecule has 0 aromatic heterocycles. The average Bonchev–Trinajstić information content (AvgIpc) is 2.86. The molecular weight excluding hydrogens is 276 g/mol. The standard InChI is InChI=1S/C14H20N2O3S/c1-15-10-12-6-4-8-16(12)14(17)11-5-3-7-13(9-11)20(2,18)19/h3,5,7,9,12,15H,4,6,8,10H2,1-2H3. The van der Waals surface area contributed by atoms with E-state index in [1.165, 1.54) is 12.1 Å². The first-order valence-corrected chi connectivity index (χ1v) is 8.58. The average molecular weight is 296 g/mol. The van der Waals surface area contributed by atoms with Crippen molar-refractivity contribution in [2.75, 3.05) is 26.4 Å². The number of hydrogen-bond donors (Lipinski definition) is 1. The zero-order chi connectivity index (χ0) is 14.8. The summed E-state index contributed by atoms with van der Waals surface area (Å²) in [5.41, 5.74) is 0.441. The minimum absolute atomic E-state index is 0.0896. The molecule has 1 fully saturated rings. The van der Waals surface area contributed by atoms with E-state index >= 15 is 0 Å². The molecule has 1 heterocycles. The van der Waals surface area contributed by atoms with Gasteiger partial charge in [-0.25, -0.2) is 8.42 Å². The fourth-order valence-electron chi connectivity index (χ4n) is 2.58. The molecule has 1 saturated heterocycles. The summed E-state index contributed by atoms with van der Waals surface area (Å²) in [6.45, 7) is 1.49. The van der Waals surface area contributed by atoms with Crippen LogP contribution in [0.4, 0.5) is 0 Å². The fraction of sp³-hybridized carbons (Fsp3) is 0.500. The summed E-state index contributed by atoms with van der Waals surface area (Å²) in [4.78, 5) is 14.5. The van der Waals surface area contributed by atoms with E-state index < -0.39 is 9.84 Å². The topological polar surface area (TPSA) is 66.5 Å². The zero-order valence-corrected chi connectivity index (χ0v) is 12.6. The Bertz CT molecular complexity index is 598. The van der Waals surface area contributed by atoms with Gasteiger partial charge >= 0.3 is 0 Å². The number of likely N-dealkylation sites (tertiary alicyclic amines) is 1. The number of carbonyl (C=O) groups is 1. The van der Waals surface area contributed by atoms with E-state index in [2.05, 4.69) is 5.32 Å². The van der Waals surface area contributed by atoms with Crippen molar-refractivity contribution in [3.05, 3.63) is 29.8 Å². The second-order valence-corrected chi connectivity index (χ2v) is 7.17. The molecule has 0 saturated carbocycles. The van der Waals surface area contributed by atoms with E-state index in [4.69, 9.17) is 0 Å². The molecule has 1 atom stereocenters. The van der Waals surface area contributed by atoms with Crippen LogP contribution in [0.25, 0.3) is 0 Å². The van der Waals surface area contributed by atoms with Crippen molar-refractivity contribution in [1.29, 1.82) is 0 Å². The molecule has 6 heteroatoms. The van der Waals surface area contributed by atoms with Crippen molar-refractivity contribution in [3.8, 4) is 0 Å². The van der Waals surface area contributed by atoms with Crippen molar-refractivity contribution in [3.63, 3.8) is 0 Å². The maximum atomic E-state index is 12.5. The van der Waals surface area contributed by atoms with Gasteiger partial charge in [0.1, 0.15) is 0 Å². The van der Waals surface area contributed by atoms with Gasteiger partial charge in [-0.15, -0.1) is 0 Å². The van der Waals surface area contributed by atoms with Gasteiger partial charge in [0.2, 0.25) is 0 Å². The van der Waals surface area contributed by atoms with Crippen molar-refractivity contribution < 1.29 is 13.2 Å². The fourth-order valence-corrected chi connectivity index (χ4v) is 3.24. The lowest BCUT2D eigenvalue weighted by molar-refractivity contribution is 0.0737. The smallest absolute Gasteiger partial charge is 0.254 e. The molecule has 2 rings (SSSR count). The molecule has 20 heavy (non-hydrogen) atoms. The van der Waals surface area contributed by atoms with Crippen molar-refractivity contribution >= 4 is 15.7 Å². The van der Waals surface area contributed by atoms with Gasteiger partial charge in [-0.3, -0.25) is 4.79 Å². The molecule has 0 spiro atoms. The molecule has 0 radical (unpaired) electrons. The Morgan fingerprint density at radius 3 is 2.85 bits per heavy atom. The Balaban J connectivity index is 2.25. The van der Waals surface area contributed by atoms with E-state index in [0.717, 1.165) is 32.2 Å². The molecule has 1 amide bonds. The quantitative estimate of drug-likeness (QED) is 0.897. The van der Waals surface area contributed by atoms with Gasteiger partial charge in [-0.1, -0.05) is 6.07 Å². The number of hydrogen-bond acceptors (Lipinski definition) is 4. The number of likely N-dealkylation sites (N-methyl/N-ethyl adjacent to an activating group) is 1. The van der Waals surface area contributed by atoms with Crippen LogP contribution >= 0.6 is 0 Å². The monoisotopic (exact) mass is 296 g/mol. The van der Waals surface area contributed by atoms with Gasteiger partial charge in [0.15, 0.2) is 9.84 Å². The zero-order valence-electron chi connectivity index (χ0n) is 11.8. The number of benzene rings is 1. The molecule has 1 N–H and O–H groups in total.